The number of rotatable bonds is 10. The zero-order valence-corrected chi connectivity index (χ0v) is 22.5. The number of hydrogen-bond acceptors (Lipinski definition) is 5. The molecule has 1 atom stereocenters. The van der Waals surface area contributed by atoms with Crippen molar-refractivity contribution in [2.75, 3.05) is 24.2 Å². The summed E-state index contributed by atoms with van der Waals surface area (Å²) in [6.07, 6.45) is 1.41. The first-order valence-electron chi connectivity index (χ1n) is 11.5. The number of hydrogen-bond donors (Lipinski definition) is 1. The highest BCUT2D eigenvalue weighted by molar-refractivity contribution is 7.92. The summed E-state index contributed by atoms with van der Waals surface area (Å²) < 4.78 is 31.9. The van der Waals surface area contributed by atoms with Crippen LogP contribution in [0, 0.1) is 6.92 Å². The van der Waals surface area contributed by atoms with Gasteiger partial charge in [-0.3, -0.25) is 13.9 Å². The molecule has 0 radical (unpaired) electrons. The number of benzene rings is 2. The molecule has 0 aliphatic heterocycles. The zero-order chi connectivity index (χ0) is 26.4. The lowest BCUT2D eigenvalue weighted by Crippen LogP contribution is -2.55. The molecular weight excluding hydrogens is 466 g/mol. The van der Waals surface area contributed by atoms with E-state index >= 15 is 0 Å². The van der Waals surface area contributed by atoms with Crippen LogP contribution in [0.1, 0.15) is 45.2 Å². The molecule has 0 saturated carbocycles. The van der Waals surface area contributed by atoms with Crippen LogP contribution in [0.4, 0.5) is 5.69 Å². The molecular formula is C26H37N3O5S. The number of amides is 2. The van der Waals surface area contributed by atoms with Gasteiger partial charge in [-0.05, 0) is 57.4 Å². The molecule has 8 nitrogen and oxygen atoms in total. The minimum atomic E-state index is -3.84. The standard InChI is InChI=1S/C26H37N3O5S/c1-8-21(25(31)27-26(3,4)5)28(17-20-14-10-9-13-19(20)2)24(30)18-29(35(7,32)33)22-15-11-12-16-23(22)34-6/h9-16,21H,8,17-18H2,1-7H3,(H,27,31)/t21-/m0/s1. The Kier molecular flexibility index (Phi) is 9.31. The Hall–Kier alpha value is -3.07. The number of para-hydroxylation sites is 2. The van der Waals surface area contributed by atoms with E-state index in [0.29, 0.717) is 12.2 Å². The van der Waals surface area contributed by atoms with Crippen LogP contribution in [0.2, 0.25) is 0 Å². The normalized spacial score (nSPS) is 12.5. The molecule has 0 fully saturated rings. The Morgan fingerprint density at radius 1 is 1.06 bits per heavy atom. The number of carbonyl (C=O) groups excluding carboxylic acids is 2. The molecule has 0 aliphatic carbocycles. The summed E-state index contributed by atoms with van der Waals surface area (Å²) in [7, 11) is -2.40. The Balaban J connectivity index is 2.51. The van der Waals surface area contributed by atoms with Gasteiger partial charge in [-0.1, -0.05) is 43.3 Å². The molecule has 0 aliphatic rings. The summed E-state index contributed by atoms with van der Waals surface area (Å²) in [4.78, 5) is 28.4. The fraction of sp³-hybridized carbons (Fsp3) is 0.462. The lowest BCUT2D eigenvalue weighted by atomic mass is 10.0. The van der Waals surface area contributed by atoms with Gasteiger partial charge in [0.2, 0.25) is 21.8 Å². The van der Waals surface area contributed by atoms with Gasteiger partial charge in [-0.15, -0.1) is 0 Å². The van der Waals surface area contributed by atoms with Gasteiger partial charge in [0.15, 0.2) is 0 Å². The maximum Gasteiger partial charge on any atom is 0.244 e. The van der Waals surface area contributed by atoms with E-state index in [1.807, 2.05) is 58.9 Å². The molecule has 2 rings (SSSR count). The van der Waals surface area contributed by atoms with Crippen molar-refractivity contribution < 1.29 is 22.7 Å². The fourth-order valence-corrected chi connectivity index (χ4v) is 4.63. The van der Waals surface area contributed by atoms with Gasteiger partial charge in [-0.2, -0.15) is 0 Å². The highest BCUT2D eigenvalue weighted by Gasteiger charge is 2.33. The van der Waals surface area contributed by atoms with Crippen molar-refractivity contribution in [2.45, 2.75) is 59.2 Å². The summed E-state index contributed by atoms with van der Waals surface area (Å²) in [5.41, 5.74) is 1.62. The van der Waals surface area contributed by atoms with Gasteiger partial charge in [0.1, 0.15) is 18.3 Å². The summed E-state index contributed by atoms with van der Waals surface area (Å²) in [5.74, 6) is -0.445. The summed E-state index contributed by atoms with van der Waals surface area (Å²) in [6.45, 7) is 9.09. The summed E-state index contributed by atoms with van der Waals surface area (Å²) >= 11 is 0. The van der Waals surface area contributed by atoms with E-state index in [1.54, 1.807) is 24.3 Å². The minimum absolute atomic E-state index is 0.172. The Morgan fingerprint density at radius 3 is 2.20 bits per heavy atom. The average molecular weight is 504 g/mol. The Labute approximate surface area is 209 Å². The number of anilines is 1. The van der Waals surface area contributed by atoms with Crippen LogP contribution in [-0.2, 0) is 26.2 Å². The number of aryl methyl sites for hydroxylation is 1. The summed E-state index contributed by atoms with van der Waals surface area (Å²) in [5, 5.41) is 2.95. The van der Waals surface area contributed by atoms with E-state index in [0.717, 1.165) is 21.7 Å². The first-order chi connectivity index (χ1) is 16.3. The van der Waals surface area contributed by atoms with E-state index in [2.05, 4.69) is 5.32 Å². The van der Waals surface area contributed by atoms with Gasteiger partial charge in [0.25, 0.3) is 0 Å². The number of ether oxygens (including phenoxy) is 1. The zero-order valence-electron chi connectivity index (χ0n) is 21.7. The van der Waals surface area contributed by atoms with Gasteiger partial charge < -0.3 is 15.0 Å². The van der Waals surface area contributed by atoms with Gasteiger partial charge in [0.05, 0.1) is 19.1 Å². The van der Waals surface area contributed by atoms with E-state index in [4.69, 9.17) is 4.74 Å². The average Bonchev–Trinajstić information content (AvgIpc) is 2.76. The first kappa shape index (κ1) is 28.2. The topological polar surface area (TPSA) is 96.0 Å². The second kappa shape index (κ2) is 11.6. The molecule has 0 aromatic heterocycles. The molecule has 35 heavy (non-hydrogen) atoms. The molecule has 192 valence electrons. The van der Waals surface area contributed by atoms with E-state index in [1.165, 1.54) is 12.0 Å². The minimum Gasteiger partial charge on any atom is -0.495 e. The van der Waals surface area contributed by atoms with Crippen molar-refractivity contribution in [1.82, 2.24) is 10.2 Å². The van der Waals surface area contributed by atoms with Crippen molar-refractivity contribution in [3.8, 4) is 5.75 Å². The van der Waals surface area contributed by atoms with E-state index in [9.17, 15) is 18.0 Å². The summed E-state index contributed by atoms with van der Waals surface area (Å²) in [6, 6.07) is 13.5. The Morgan fingerprint density at radius 2 is 1.66 bits per heavy atom. The van der Waals surface area contributed by atoms with Crippen molar-refractivity contribution >= 4 is 27.5 Å². The predicted octanol–water partition coefficient (Wildman–Crippen LogP) is 3.49. The molecule has 0 spiro atoms. The Bertz CT molecular complexity index is 1140. The molecule has 0 saturated heterocycles. The molecule has 2 aromatic carbocycles. The van der Waals surface area contributed by atoms with Gasteiger partial charge >= 0.3 is 0 Å². The largest absolute Gasteiger partial charge is 0.495 e. The lowest BCUT2D eigenvalue weighted by Gasteiger charge is -2.35. The molecule has 0 heterocycles. The van der Waals surface area contributed by atoms with Gasteiger partial charge in [0, 0.05) is 12.1 Å². The van der Waals surface area contributed by atoms with Crippen molar-refractivity contribution in [2.24, 2.45) is 0 Å². The van der Waals surface area contributed by atoms with Crippen LogP contribution in [0.3, 0.4) is 0 Å². The SMILES string of the molecule is CC[C@@H](C(=O)NC(C)(C)C)N(Cc1ccccc1C)C(=O)CN(c1ccccc1OC)S(C)(=O)=O. The van der Waals surface area contributed by atoms with Crippen LogP contribution in [0.5, 0.6) is 5.75 Å². The third-order valence-electron chi connectivity index (χ3n) is 5.52. The predicted molar refractivity (Wildman–Crippen MR) is 139 cm³/mol. The van der Waals surface area contributed by atoms with Crippen molar-refractivity contribution in [3.05, 3.63) is 59.7 Å². The number of nitrogens with one attached hydrogen (secondary N) is 1. The third kappa shape index (κ3) is 7.71. The van der Waals surface area contributed by atoms with E-state index in [-0.39, 0.29) is 18.1 Å². The molecule has 2 aromatic rings. The van der Waals surface area contributed by atoms with Crippen LogP contribution in [-0.4, -0.2) is 56.6 Å². The first-order valence-corrected chi connectivity index (χ1v) is 13.4. The van der Waals surface area contributed by atoms with Crippen LogP contribution >= 0.6 is 0 Å². The van der Waals surface area contributed by atoms with E-state index < -0.39 is 34.1 Å². The number of carbonyl (C=O) groups is 2. The molecule has 0 bridgehead atoms. The van der Waals surface area contributed by atoms with Crippen molar-refractivity contribution in [3.63, 3.8) is 0 Å². The molecule has 2 amide bonds. The highest BCUT2D eigenvalue weighted by atomic mass is 32.2. The molecule has 0 unspecified atom stereocenters. The van der Waals surface area contributed by atoms with Crippen LogP contribution in [0.15, 0.2) is 48.5 Å². The van der Waals surface area contributed by atoms with Crippen LogP contribution < -0.4 is 14.4 Å². The molecule has 1 N–H and O–H groups in total. The number of methoxy groups -OCH3 is 1. The van der Waals surface area contributed by atoms with Crippen molar-refractivity contribution in [1.29, 1.82) is 0 Å². The molecule has 9 heteroatoms. The lowest BCUT2D eigenvalue weighted by molar-refractivity contribution is -0.141. The quantitative estimate of drug-likeness (QED) is 0.535. The smallest absolute Gasteiger partial charge is 0.244 e. The van der Waals surface area contributed by atoms with Gasteiger partial charge in [-0.25, -0.2) is 8.42 Å². The second-order valence-corrected chi connectivity index (χ2v) is 11.5. The maximum atomic E-state index is 13.8. The monoisotopic (exact) mass is 503 g/mol. The van der Waals surface area contributed by atoms with Crippen LogP contribution in [0.25, 0.3) is 0 Å². The maximum absolute atomic E-state index is 13.8. The number of nitrogens with zero attached hydrogens (tertiary/aromatic N) is 2. The number of sulfonamides is 1. The fourth-order valence-electron chi connectivity index (χ4n) is 3.77. The third-order valence-corrected chi connectivity index (χ3v) is 6.65. The highest BCUT2D eigenvalue weighted by Crippen LogP contribution is 2.30. The second-order valence-electron chi connectivity index (χ2n) is 9.55.